The highest BCUT2D eigenvalue weighted by atomic mass is 16.7. The third-order valence-electron chi connectivity index (χ3n) is 3.58. The summed E-state index contributed by atoms with van der Waals surface area (Å²) < 4.78 is 17.2. The van der Waals surface area contributed by atoms with Crippen LogP contribution in [-0.2, 0) is 14.0 Å². The van der Waals surface area contributed by atoms with Crippen LogP contribution in [0.4, 0.5) is 0 Å². The molecule has 2 aliphatic rings. The van der Waals surface area contributed by atoms with E-state index < -0.39 is 0 Å². The third kappa shape index (κ3) is 2.06. The van der Waals surface area contributed by atoms with Crippen molar-refractivity contribution in [3.63, 3.8) is 0 Å². The molecule has 0 aromatic heterocycles. The van der Waals surface area contributed by atoms with Gasteiger partial charge in [0.15, 0.2) is 0 Å². The Morgan fingerprint density at radius 2 is 1.40 bits per heavy atom. The van der Waals surface area contributed by atoms with E-state index in [0.29, 0.717) is 0 Å². The number of nitrogens with zero attached hydrogens (tertiary/aromatic N) is 1. The molecule has 0 atom stereocenters. The van der Waals surface area contributed by atoms with Crippen LogP contribution in [0.25, 0.3) is 0 Å². The van der Waals surface area contributed by atoms with Crippen LogP contribution < -0.4 is 0 Å². The molecular weight excluding hydrogens is 193 g/mol. The van der Waals surface area contributed by atoms with Crippen LogP contribution in [0.15, 0.2) is 0 Å². The van der Waals surface area contributed by atoms with E-state index in [1.807, 2.05) is 0 Å². The maximum atomic E-state index is 5.95. The molecule has 2 heterocycles. The first-order valence-electron chi connectivity index (χ1n) is 5.60. The number of ether oxygens (including phenoxy) is 1. The Kier molecular flexibility index (Phi) is 2.84. The van der Waals surface area contributed by atoms with Gasteiger partial charge in [0.25, 0.3) is 0 Å². The second-order valence-electron chi connectivity index (χ2n) is 5.21. The molecule has 2 fully saturated rings. The molecule has 4 nitrogen and oxygen atoms in total. The van der Waals surface area contributed by atoms with Crippen molar-refractivity contribution >= 4 is 7.25 Å². The van der Waals surface area contributed by atoms with Crippen LogP contribution in [0.5, 0.6) is 0 Å². The van der Waals surface area contributed by atoms with Crippen molar-refractivity contribution in [2.24, 2.45) is 0 Å². The van der Waals surface area contributed by atoms with Crippen molar-refractivity contribution in [2.45, 2.75) is 38.9 Å². The highest BCUT2D eigenvalue weighted by molar-refractivity contribution is 6.42. The maximum absolute atomic E-state index is 5.95. The second kappa shape index (κ2) is 3.73. The summed E-state index contributed by atoms with van der Waals surface area (Å²) in [6, 6.07) is 0. The lowest BCUT2D eigenvalue weighted by Gasteiger charge is -2.32. The van der Waals surface area contributed by atoms with E-state index >= 15 is 0 Å². The minimum absolute atomic E-state index is 0.209. The molecule has 0 radical (unpaired) electrons. The predicted octanol–water partition coefficient (Wildman–Crippen LogP) is 0.907. The lowest BCUT2D eigenvalue weighted by molar-refractivity contribution is 0.00578. The average molecular weight is 213 g/mol. The summed E-state index contributed by atoms with van der Waals surface area (Å²) in [6.45, 7) is 11.6. The van der Waals surface area contributed by atoms with Gasteiger partial charge in [-0.15, -0.1) is 0 Å². The number of rotatable bonds is 1. The zero-order valence-corrected chi connectivity index (χ0v) is 10.1. The van der Waals surface area contributed by atoms with Crippen molar-refractivity contribution in [1.29, 1.82) is 0 Å². The molecule has 0 saturated carbocycles. The molecule has 2 saturated heterocycles. The van der Waals surface area contributed by atoms with E-state index in [9.17, 15) is 0 Å². The minimum Gasteiger partial charge on any atom is -0.389 e. The van der Waals surface area contributed by atoms with Crippen LogP contribution in [0.2, 0.25) is 0 Å². The maximum Gasteiger partial charge on any atom is 0.558 e. The molecule has 0 aromatic carbocycles. The molecule has 0 amide bonds. The smallest absolute Gasteiger partial charge is 0.389 e. The second-order valence-corrected chi connectivity index (χ2v) is 5.21. The highest BCUT2D eigenvalue weighted by Gasteiger charge is 2.53. The third-order valence-corrected chi connectivity index (χ3v) is 3.58. The van der Waals surface area contributed by atoms with Crippen LogP contribution >= 0.6 is 0 Å². The average Bonchev–Trinajstić information content (AvgIpc) is 2.38. The van der Waals surface area contributed by atoms with Gasteiger partial charge in [-0.05, 0) is 27.7 Å². The zero-order valence-electron chi connectivity index (χ0n) is 10.1. The van der Waals surface area contributed by atoms with E-state index in [4.69, 9.17) is 14.0 Å². The van der Waals surface area contributed by atoms with Gasteiger partial charge in [0.1, 0.15) is 0 Å². The normalized spacial score (nSPS) is 30.8. The van der Waals surface area contributed by atoms with Crippen LogP contribution in [0.1, 0.15) is 27.7 Å². The standard InChI is InChI=1S/C10H20BNO3/c1-9(2)10(3,4)15-11(14-9)12-5-7-13-8-6-12/h5-8H2,1-4H3. The Balaban J connectivity index is 2.02. The van der Waals surface area contributed by atoms with Crippen LogP contribution in [0.3, 0.4) is 0 Å². The van der Waals surface area contributed by atoms with E-state index in [-0.39, 0.29) is 18.5 Å². The Bertz CT molecular complexity index is 223. The fraction of sp³-hybridized carbons (Fsp3) is 1.00. The molecule has 0 aliphatic carbocycles. The molecule has 2 aliphatic heterocycles. The highest BCUT2D eigenvalue weighted by Crippen LogP contribution is 2.37. The zero-order chi connectivity index (χ0) is 11.1. The summed E-state index contributed by atoms with van der Waals surface area (Å²) in [6.07, 6.45) is 0. The van der Waals surface area contributed by atoms with E-state index in [1.165, 1.54) is 0 Å². The number of hydrogen-bond acceptors (Lipinski definition) is 4. The van der Waals surface area contributed by atoms with Gasteiger partial charge in [-0.25, -0.2) is 0 Å². The molecule has 5 heteroatoms. The Morgan fingerprint density at radius 1 is 0.933 bits per heavy atom. The van der Waals surface area contributed by atoms with Gasteiger partial charge in [-0.1, -0.05) is 0 Å². The van der Waals surface area contributed by atoms with E-state index in [0.717, 1.165) is 26.3 Å². The van der Waals surface area contributed by atoms with Gasteiger partial charge in [-0.2, -0.15) is 0 Å². The van der Waals surface area contributed by atoms with Crippen LogP contribution in [0, 0.1) is 0 Å². The summed E-state index contributed by atoms with van der Waals surface area (Å²) in [5.74, 6) is 0. The summed E-state index contributed by atoms with van der Waals surface area (Å²) in [4.78, 5) is 2.19. The molecule has 0 spiro atoms. The SMILES string of the molecule is CC1(C)OB(N2CCOCC2)OC1(C)C. The van der Waals surface area contributed by atoms with Gasteiger partial charge in [0, 0.05) is 13.1 Å². The van der Waals surface area contributed by atoms with Gasteiger partial charge in [0.2, 0.25) is 0 Å². The monoisotopic (exact) mass is 213 g/mol. The summed E-state index contributed by atoms with van der Waals surface area (Å²) in [7, 11) is -0.209. The van der Waals surface area contributed by atoms with E-state index in [1.54, 1.807) is 0 Å². The first kappa shape index (κ1) is 11.4. The molecule has 15 heavy (non-hydrogen) atoms. The number of hydrogen-bond donors (Lipinski definition) is 0. The quantitative estimate of drug-likeness (QED) is 0.605. The van der Waals surface area contributed by atoms with Crippen molar-refractivity contribution in [3.05, 3.63) is 0 Å². The molecule has 86 valence electrons. The largest absolute Gasteiger partial charge is 0.558 e. The Morgan fingerprint density at radius 3 is 1.87 bits per heavy atom. The fourth-order valence-corrected chi connectivity index (χ4v) is 1.75. The first-order valence-corrected chi connectivity index (χ1v) is 5.60. The predicted molar refractivity (Wildman–Crippen MR) is 58.5 cm³/mol. The van der Waals surface area contributed by atoms with Crippen molar-refractivity contribution in [3.8, 4) is 0 Å². The van der Waals surface area contributed by atoms with Gasteiger partial charge >= 0.3 is 7.25 Å². The molecule has 0 bridgehead atoms. The molecular formula is C10H20BNO3. The summed E-state index contributed by atoms with van der Waals surface area (Å²) in [5.41, 5.74) is -0.480. The lowest BCUT2D eigenvalue weighted by atomic mass is 9.90. The van der Waals surface area contributed by atoms with Crippen LogP contribution in [-0.4, -0.2) is 49.6 Å². The minimum atomic E-state index is -0.240. The summed E-state index contributed by atoms with van der Waals surface area (Å²) in [5, 5.41) is 0. The van der Waals surface area contributed by atoms with Gasteiger partial charge in [-0.3, -0.25) is 4.81 Å². The Labute approximate surface area is 92.0 Å². The molecule has 0 unspecified atom stereocenters. The Hall–Kier alpha value is -0.0951. The van der Waals surface area contributed by atoms with Crippen molar-refractivity contribution in [1.82, 2.24) is 4.81 Å². The first-order chi connectivity index (χ1) is 6.92. The lowest BCUT2D eigenvalue weighted by Crippen LogP contribution is -2.48. The molecule has 0 N–H and O–H groups in total. The topological polar surface area (TPSA) is 30.9 Å². The molecule has 2 rings (SSSR count). The van der Waals surface area contributed by atoms with Crippen molar-refractivity contribution in [2.75, 3.05) is 26.3 Å². The van der Waals surface area contributed by atoms with Gasteiger partial charge < -0.3 is 14.0 Å². The van der Waals surface area contributed by atoms with Gasteiger partial charge in [0.05, 0.1) is 24.4 Å². The molecule has 0 aromatic rings. The fourth-order valence-electron chi connectivity index (χ4n) is 1.75. The van der Waals surface area contributed by atoms with Crippen molar-refractivity contribution < 1.29 is 14.0 Å². The summed E-state index contributed by atoms with van der Waals surface area (Å²) >= 11 is 0. The number of morpholine rings is 1. The van der Waals surface area contributed by atoms with E-state index in [2.05, 4.69) is 32.5 Å².